The van der Waals surface area contributed by atoms with E-state index in [1.54, 1.807) is 36.4 Å². The van der Waals surface area contributed by atoms with Crippen molar-refractivity contribution in [3.8, 4) is 5.75 Å². The Kier molecular flexibility index (Phi) is 4.77. The van der Waals surface area contributed by atoms with Crippen LogP contribution in [0.4, 0.5) is 10.5 Å². The first-order valence-electron chi connectivity index (χ1n) is 8.34. The molecule has 7 heteroatoms. The molecule has 1 heterocycles. The molecular formula is C20H16BrN2O3P. The number of para-hydroxylation sites is 2. The van der Waals surface area contributed by atoms with Gasteiger partial charge in [-0.3, -0.25) is 4.57 Å². The van der Waals surface area contributed by atoms with Gasteiger partial charge in [0.1, 0.15) is 5.75 Å². The number of carbonyl (C=O) groups is 1. The molecule has 0 radical (unpaired) electrons. The normalized spacial score (nSPS) is 20.4. The summed E-state index contributed by atoms with van der Waals surface area (Å²) in [6, 6.07) is 23.0. The Morgan fingerprint density at radius 3 is 2.37 bits per heavy atom. The molecule has 0 saturated carbocycles. The van der Waals surface area contributed by atoms with Crippen molar-refractivity contribution in [2.24, 2.45) is 0 Å². The second-order valence-corrected chi connectivity index (χ2v) is 9.31. The molecule has 27 heavy (non-hydrogen) atoms. The summed E-state index contributed by atoms with van der Waals surface area (Å²) in [5, 5.41) is 6.19. The van der Waals surface area contributed by atoms with Gasteiger partial charge < -0.3 is 15.2 Å². The Morgan fingerprint density at radius 2 is 1.59 bits per heavy atom. The highest BCUT2D eigenvalue weighted by molar-refractivity contribution is 9.10. The van der Waals surface area contributed by atoms with Gasteiger partial charge in [0, 0.05) is 10.0 Å². The maximum absolute atomic E-state index is 13.8. The van der Waals surface area contributed by atoms with Crippen LogP contribution in [0, 0.1) is 0 Å². The van der Waals surface area contributed by atoms with Crippen LogP contribution in [0.3, 0.4) is 0 Å². The van der Waals surface area contributed by atoms with E-state index >= 15 is 0 Å². The van der Waals surface area contributed by atoms with Crippen LogP contribution in [0.1, 0.15) is 11.3 Å². The van der Waals surface area contributed by atoms with E-state index in [1.165, 1.54) is 0 Å². The summed E-state index contributed by atoms with van der Waals surface area (Å²) in [4.78, 5) is 12.6. The van der Waals surface area contributed by atoms with Crippen LogP contribution < -0.4 is 20.5 Å². The summed E-state index contributed by atoms with van der Waals surface area (Å²) in [6.45, 7) is 0. The van der Waals surface area contributed by atoms with E-state index < -0.39 is 19.2 Å². The zero-order valence-electron chi connectivity index (χ0n) is 14.1. The minimum Gasteiger partial charge on any atom is -0.438 e. The van der Waals surface area contributed by atoms with Gasteiger partial charge in [-0.15, -0.1) is 0 Å². The molecule has 3 aromatic carbocycles. The first-order valence-corrected chi connectivity index (χ1v) is 10.8. The average Bonchev–Trinajstić information content (AvgIpc) is 2.97. The first kappa shape index (κ1) is 17.8. The number of hydrogen-bond donors (Lipinski definition) is 2. The number of fused-ring (bicyclic) bond motifs is 1. The predicted octanol–water partition coefficient (Wildman–Crippen LogP) is 5.27. The Hall–Kier alpha value is -2.56. The third-order valence-corrected chi connectivity index (χ3v) is 7.56. The molecule has 2 N–H and O–H groups in total. The molecule has 2 amide bonds. The minimum absolute atomic E-state index is 0.455. The third kappa shape index (κ3) is 3.38. The van der Waals surface area contributed by atoms with Crippen molar-refractivity contribution < 1.29 is 13.9 Å². The summed E-state index contributed by atoms with van der Waals surface area (Å²) >= 11 is 3.40. The van der Waals surface area contributed by atoms with Crippen molar-refractivity contribution in [2.75, 3.05) is 5.32 Å². The molecule has 2 atom stereocenters. The molecule has 1 aliphatic heterocycles. The molecule has 4 rings (SSSR count). The van der Waals surface area contributed by atoms with E-state index in [1.807, 2.05) is 42.5 Å². The summed E-state index contributed by atoms with van der Waals surface area (Å²) in [5.74, 6) is -0.241. The number of hydrogen-bond acceptors (Lipinski definition) is 3. The van der Waals surface area contributed by atoms with Gasteiger partial charge in [0.05, 0.1) is 11.0 Å². The monoisotopic (exact) mass is 442 g/mol. The van der Waals surface area contributed by atoms with Crippen molar-refractivity contribution in [1.29, 1.82) is 0 Å². The van der Waals surface area contributed by atoms with Crippen LogP contribution >= 0.6 is 23.3 Å². The lowest BCUT2D eigenvalue weighted by molar-refractivity contribution is 0.251. The molecular weight excluding hydrogens is 427 g/mol. The molecule has 0 unspecified atom stereocenters. The third-order valence-electron chi connectivity index (χ3n) is 4.29. The van der Waals surface area contributed by atoms with Crippen LogP contribution in [0.5, 0.6) is 5.75 Å². The number of halogens is 1. The number of rotatable bonds is 3. The topological polar surface area (TPSA) is 67.4 Å². The van der Waals surface area contributed by atoms with Gasteiger partial charge in [-0.1, -0.05) is 48.5 Å². The second-order valence-electron chi connectivity index (χ2n) is 6.04. The number of urea groups is 1. The average molecular weight is 443 g/mol. The molecule has 0 spiro atoms. The summed E-state index contributed by atoms with van der Waals surface area (Å²) in [6.07, 6.45) is 0. The number of carbonyl (C=O) groups excluding carboxylic acids is 1. The fourth-order valence-corrected chi connectivity index (χ4v) is 5.82. The van der Waals surface area contributed by atoms with Gasteiger partial charge in [-0.25, -0.2) is 4.79 Å². The van der Waals surface area contributed by atoms with Gasteiger partial charge in [0.15, 0.2) is 5.78 Å². The van der Waals surface area contributed by atoms with Gasteiger partial charge in [0.2, 0.25) is 0 Å². The fraction of sp³-hybridized carbons (Fsp3) is 0.0500. The van der Waals surface area contributed by atoms with E-state index in [9.17, 15) is 9.36 Å². The van der Waals surface area contributed by atoms with E-state index in [2.05, 4.69) is 26.6 Å². The molecule has 0 fully saturated rings. The molecule has 0 saturated heterocycles. The summed E-state index contributed by atoms with van der Waals surface area (Å²) in [7, 11) is -3.37. The van der Waals surface area contributed by atoms with Crippen molar-refractivity contribution in [3.63, 3.8) is 0 Å². The SMILES string of the molecule is O=C(Nc1ccccc1Br)N[C@H]1c2ccccc2O[P@]1(=O)c1ccccc1. The van der Waals surface area contributed by atoms with E-state index in [4.69, 9.17) is 4.52 Å². The highest BCUT2D eigenvalue weighted by Gasteiger charge is 2.46. The molecule has 0 aliphatic carbocycles. The largest absolute Gasteiger partial charge is 0.438 e. The van der Waals surface area contributed by atoms with Crippen molar-refractivity contribution in [2.45, 2.75) is 5.78 Å². The fourth-order valence-electron chi connectivity index (χ4n) is 3.02. The number of amides is 2. The Bertz CT molecular complexity index is 1040. The molecule has 3 aromatic rings. The lowest BCUT2D eigenvalue weighted by Gasteiger charge is -2.21. The molecule has 0 aromatic heterocycles. The van der Waals surface area contributed by atoms with Gasteiger partial charge in [0.25, 0.3) is 0 Å². The van der Waals surface area contributed by atoms with Crippen LogP contribution in [0.25, 0.3) is 0 Å². The zero-order chi connectivity index (χ0) is 18.9. The van der Waals surface area contributed by atoms with E-state index in [0.717, 1.165) is 4.47 Å². The van der Waals surface area contributed by atoms with Gasteiger partial charge in [-0.05, 0) is 46.3 Å². The van der Waals surface area contributed by atoms with E-state index in [-0.39, 0.29) is 0 Å². The predicted molar refractivity (Wildman–Crippen MR) is 110 cm³/mol. The van der Waals surface area contributed by atoms with Crippen LogP contribution in [-0.4, -0.2) is 6.03 Å². The highest BCUT2D eigenvalue weighted by atomic mass is 79.9. The number of nitrogens with one attached hydrogen (secondary N) is 2. The zero-order valence-corrected chi connectivity index (χ0v) is 16.6. The number of anilines is 1. The smallest absolute Gasteiger partial charge is 0.320 e. The first-order chi connectivity index (χ1) is 13.1. The van der Waals surface area contributed by atoms with Crippen LogP contribution in [0.15, 0.2) is 83.3 Å². The molecule has 5 nitrogen and oxygen atoms in total. The summed E-state index contributed by atoms with van der Waals surface area (Å²) < 4.78 is 20.4. The van der Waals surface area contributed by atoms with Crippen LogP contribution in [0.2, 0.25) is 0 Å². The molecule has 1 aliphatic rings. The lowest BCUT2D eigenvalue weighted by atomic mass is 10.2. The van der Waals surface area contributed by atoms with Crippen molar-refractivity contribution in [3.05, 3.63) is 88.9 Å². The Morgan fingerprint density at radius 1 is 0.926 bits per heavy atom. The standard InChI is InChI=1S/C20H16BrN2O3P/c21-16-11-5-6-12-17(16)22-20(24)23-19-15-10-4-7-13-18(15)26-27(19,25)14-8-2-1-3-9-14/h1-13,19H,(H2,22,23,24)/t19-,27-/m1/s1. The lowest BCUT2D eigenvalue weighted by Crippen LogP contribution is -2.33. The number of benzene rings is 3. The quantitative estimate of drug-likeness (QED) is 0.543. The van der Waals surface area contributed by atoms with Crippen molar-refractivity contribution in [1.82, 2.24) is 5.32 Å². The molecule has 136 valence electrons. The highest BCUT2D eigenvalue weighted by Crippen LogP contribution is 2.64. The van der Waals surface area contributed by atoms with Crippen molar-refractivity contribution >= 4 is 40.3 Å². The Balaban J connectivity index is 1.66. The maximum Gasteiger partial charge on any atom is 0.320 e. The second kappa shape index (κ2) is 7.22. The van der Waals surface area contributed by atoms with Crippen LogP contribution in [-0.2, 0) is 4.57 Å². The van der Waals surface area contributed by atoms with Gasteiger partial charge in [-0.2, -0.15) is 0 Å². The van der Waals surface area contributed by atoms with Gasteiger partial charge >= 0.3 is 13.4 Å². The maximum atomic E-state index is 13.8. The Labute approximate surface area is 165 Å². The van der Waals surface area contributed by atoms with E-state index in [0.29, 0.717) is 22.3 Å². The summed E-state index contributed by atoms with van der Waals surface area (Å²) in [5.41, 5.74) is 1.32. The molecule has 0 bridgehead atoms. The minimum atomic E-state index is -3.37.